The van der Waals surface area contributed by atoms with E-state index < -0.39 is 59.8 Å². The SMILES string of the molecule is CCCCC/C=C\C/C=C\CCCCCCCCCCCCOCC(COC1OC(CO)C(O)C(OS(=O)(=O)O)C1O)OC(=O)CCCC. The van der Waals surface area contributed by atoms with Crippen LogP contribution in [0.5, 0.6) is 0 Å². The van der Waals surface area contributed by atoms with E-state index in [-0.39, 0.29) is 19.6 Å². The van der Waals surface area contributed by atoms with Crippen LogP contribution in [0.25, 0.3) is 0 Å². The predicted molar refractivity (Wildman–Crippen MR) is 188 cm³/mol. The summed E-state index contributed by atoms with van der Waals surface area (Å²) in [7, 11) is -5.04. The summed E-state index contributed by atoms with van der Waals surface area (Å²) in [5.41, 5.74) is 0. The van der Waals surface area contributed by atoms with E-state index >= 15 is 0 Å². The van der Waals surface area contributed by atoms with Gasteiger partial charge in [0, 0.05) is 13.0 Å². The summed E-state index contributed by atoms with van der Waals surface area (Å²) >= 11 is 0. The fourth-order valence-corrected chi connectivity index (χ4v) is 5.95. The highest BCUT2D eigenvalue weighted by Gasteiger charge is 2.48. The van der Waals surface area contributed by atoms with Crippen LogP contribution >= 0.6 is 0 Å². The second-order valence-electron chi connectivity index (χ2n) is 12.8. The maximum absolute atomic E-state index is 12.3. The van der Waals surface area contributed by atoms with Crippen LogP contribution in [0.1, 0.15) is 136 Å². The minimum atomic E-state index is -5.04. The number of ether oxygens (including phenoxy) is 4. The number of allylic oxidation sites excluding steroid dienone is 4. The van der Waals surface area contributed by atoms with Gasteiger partial charge < -0.3 is 34.3 Å². The zero-order valence-electron chi connectivity index (χ0n) is 30.0. The number of hydrogen-bond donors (Lipinski definition) is 4. The molecule has 1 aliphatic rings. The summed E-state index contributed by atoms with van der Waals surface area (Å²) in [6.45, 7) is 3.67. The first-order valence-corrected chi connectivity index (χ1v) is 20.0. The Kier molecular flexibility index (Phi) is 27.2. The van der Waals surface area contributed by atoms with E-state index in [1.54, 1.807) is 0 Å². The Hall–Kier alpha value is -1.42. The van der Waals surface area contributed by atoms with Crippen LogP contribution in [0.15, 0.2) is 24.3 Å². The molecule has 0 amide bonds. The predicted octanol–water partition coefficient (Wildman–Crippen LogP) is 6.12. The monoisotopic (exact) mass is 722 g/mol. The molecule has 288 valence electrons. The van der Waals surface area contributed by atoms with E-state index in [9.17, 15) is 28.5 Å². The van der Waals surface area contributed by atoms with Crippen molar-refractivity contribution < 1.29 is 56.2 Å². The van der Waals surface area contributed by atoms with Crippen molar-refractivity contribution in [1.82, 2.24) is 0 Å². The zero-order chi connectivity index (χ0) is 36.2. The van der Waals surface area contributed by atoms with Gasteiger partial charge in [-0.05, 0) is 44.9 Å². The maximum Gasteiger partial charge on any atom is 0.397 e. The van der Waals surface area contributed by atoms with Gasteiger partial charge in [-0.15, -0.1) is 0 Å². The number of carbonyl (C=O) groups excluding carboxylic acids is 1. The zero-order valence-corrected chi connectivity index (χ0v) is 30.8. The first-order valence-electron chi connectivity index (χ1n) is 18.6. The molecule has 49 heavy (non-hydrogen) atoms. The molecule has 6 unspecified atom stereocenters. The summed E-state index contributed by atoms with van der Waals surface area (Å²) < 4.78 is 58.1. The highest BCUT2D eigenvalue weighted by atomic mass is 32.3. The lowest BCUT2D eigenvalue weighted by Crippen LogP contribution is -2.60. The normalized spacial score (nSPS) is 22.3. The fraction of sp³-hybridized carbons (Fsp3) is 0.861. The van der Waals surface area contributed by atoms with E-state index in [0.717, 1.165) is 32.1 Å². The topological polar surface area (TPSA) is 178 Å². The molecule has 0 spiro atoms. The van der Waals surface area contributed by atoms with Gasteiger partial charge in [0.05, 0.1) is 19.8 Å². The molecule has 0 bridgehead atoms. The number of aliphatic hydroxyl groups excluding tert-OH is 3. The standard InChI is InChI=1S/C36H66O12S/c1-3-5-7-8-9-10-11-12-13-14-15-16-17-18-19-20-21-22-23-24-26-44-28-30(46-32(38)25-6-4-2)29-45-36-34(40)35(48-49(41,42)43)33(39)31(27-37)47-36/h9-10,12-13,30-31,33-37,39-40H,3-8,11,14-29H2,1-2H3,(H,41,42,43)/b10-9-,13-12-. The molecule has 0 aliphatic carbocycles. The minimum Gasteiger partial charge on any atom is -0.457 e. The van der Waals surface area contributed by atoms with Gasteiger partial charge in [-0.2, -0.15) is 8.42 Å². The van der Waals surface area contributed by atoms with Crippen molar-refractivity contribution >= 4 is 16.4 Å². The van der Waals surface area contributed by atoms with Gasteiger partial charge in [0.15, 0.2) is 6.29 Å². The Labute approximate surface area is 295 Å². The van der Waals surface area contributed by atoms with Gasteiger partial charge in [-0.3, -0.25) is 9.35 Å². The van der Waals surface area contributed by atoms with Crippen molar-refractivity contribution in [3.05, 3.63) is 24.3 Å². The molecule has 1 saturated heterocycles. The van der Waals surface area contributed by atoms with Gasteiger partial charge in [-0.1, -0.05) is 109 Å². The molecular formula is C36H66O12S. The summed E-state index contributed by atoms with van der Waals surface area (Å²) in [5, 5.41) is 30.2. The summed E-state index contributed by atoms with van der Waals surface area (Å²) in [6, 6.07) is 0. The molecule has 1 rings (SSSR count). The first-order chi connectivity index (χ1) is 23.6. The minimum absolute atomic E-state index is 0.0314. The van der Waals surface area contributed by atoms with Crippen LogP contribution in [0.2, 0.25) is 0 Å². The second kappa shape index (κ2) is 29.2. The largest absolute Gasteiger partial charge is 0.457 e. The van der Waals surface area contributed by atoms with E-state index in [1.807, 2.05) is 6.92 Å². The number of unbranched alkanes of at least 4 members (excludes halogenated alkanes) is 14. The van der Waals surface area contributed by atoms with Gasteiger partial charge in [0.1, 0.15) is 30.5 Å². The molecule has 1 fully saturated rings. The number of aliphatic hydroxyl groups is 3. The molecule has 0 aromatic rings. The molecule has 0 radical (unpaired) electrons. The van der Waals surface area contributed by atoms with Crippen LogP contribution in [-0.2, 0) is 38.3 Å². The molecule has 1 aliphatic heterocycles. The molecule has 6 atom stereocenters. The Balaban J connectivity index is 2.25. The quantitative estimate of drug-likeness (QED) is 0.0279. The van der Waals surface area contributed by atoms with Crippen molar-refractivity contribution in [2.45, 2.75) is 173 Å². The van der Waals surface area contributed by atoms with Crippen LogP contribution in [0.3, 0.4) is 0 Å². The van der Waals surface area contributed by atoms with Crippen LogP contribution < -0.4 is 0 Å². The average molecular weight is 723 g/mol. The van der Waals surface area contributed by atoms with E-state index in [1.165, 1.54) is 77.0 Å². The van der Waals surface area contributed by atoms with E-state index in [2.05, 4.69) is 35.4 Å². The maximum atomic E-state index is 12.3. The first kappa shape index (κ1) is 45.6. The molecule has 0 aromatic carbocycles. The number of carbonyl (C=O) groups is 1. The van der Waals surface area contributed by atoms with Gasteiger partial charge in [-0.25, -0.2) is 4.18 Å². The summed E-state index contributed by atoms with van der Waals surface area (Å²) in [4.78, 5) is 12.3. The van der Waals surface area contributed by atoms with Crippen LogP contribution in [0, 0.1) is 0 Å². The smallest absolute Gasteiger partial charge is 0.397 e. The molecule has 4 N–H and O–H groups in total. The Bertz CT molecular complexity index is 973. The summed E-state index contributed by atoms with van der Waals surface area (Å²) in [6.07, 6.45) is 20.8. The number of hydrogen-bond acceptors (Lipinski definition) is 11. The van der Waals surface area contributed by atoms with Crippen molar-refractivity contribution in [3.63, 3.8) is 0 Å². The van der Waals surface area contributed by atoms with Gasteiger partial charge in [0.25, 0.3) is 0 Å². The molecule has 1 heterocycles. The summed E-state index contributed by atoms with van der Waals surface area (Å²) in [5.74, 6) is -0.436. The highest BCUT2D eigenvalue weighted by Crippen LogP contribution is 2.26. The average Bonchev–Trinajstić information content (AvgIpc) is 3.07. The molecule has 0 aromatic heterocycles. The highest BCUT2D eigenvalue weighted by molar-refractivity contribution is 7.80. The number of esters is 1. The van der Waals surface area contributed by atoms with Gasteiger partial charge >= 0.3 is 16.4 Å². The molecular weight excluding hydrogens is 656 g/mol. The van der Waals surface area contributed by atoms with Crippen molar-refractivity contribution in [3.8, 4) is 0 Å². The molecule has 12 nitrogen and oxygen atoms in total. The lowest BCUT2D eigenvalue weighted by molar-refractivity contribution is -0.301. The van der Waals surface area contributed by atoms with Crippen LogP contribution in [0.4, 0.5) is 0 Å². The lowest BCUT2D eigenvalue weighted by atomic mass is 9.99. The van der Waals surface area contributed by atoms with Crippen molar-refractivity contribution in [1.29, 1.82) is 0 Å². The second-order valence-corrected chi connectivity index (χ2v) is 13.9. The third-order valence-electron chi connectivity index (χ3n) is 8.33. The Morgan fingerprint density at radius 3 is 1.92 bits per heavy atom. The fourth-order valence-electron chi connectivity index (χ4n) is 5.44. The van der Waals surface area contributed by atoms with E-state index in [4.69, 9.17) is 23.5 Å². The molecule has 0 saturated carbocycles. The van der Waals surface area contributed by atoms with Crippen LogP contribution in [-0.4, -0.2) is 97.5 Å². The van der Waals surface area contributed by atoms with Crippen molar-refractivity contribution in [2.24, 2.45) is 0 Å². The Morgan fingerprint density at radius 2 is 1.35 bits per heavy atom. The Morgan fingerprint density at radius 1 is 0.776 bits per heavy atom. The number of rotatable bonds is 31. The third-order valence-corrected chi connectivity index (χ3v) is 8.79. The van der Waals surface area contributed by atoms with Gasteiger partial charge in [0.2, 0.25) is 0 Å². The third kappa shape index (κ3) is 23.6. The van der Waals surface area contributed by atoms with E-state index in [0.29, 0.717) is 13.0 Å². The lowest BCUT2D eigenvalue weighted by Gasteiger charge is -2.41. The molecule has 13 heteroatoms. The van der Waals surface area contributed by atoms with Crippen molar-refractivity contribution in [2.75, 3.05) is 26.4 Å².